The number of H-pyrrole nitrogens is 1. The van der Waals surface area contributed by atoms with Gasteiger partial charge in [0.1, 0.15) is 28.5 Å². The number of allylic oxidation sites excluding steroid dienone is 4. The van der Waals surface area contributed by atoms with Crippen molar-refractivity contribution in [2.75, 3.05) is 71.1 Å². The molecule has 4 aromatic rings. The predicted molar refractivity (Wildman–Crippen MR) is 245 cm³/mol. The number of fused-ring (bicyclic) bond motifs is 1. The van der Waals surface area contributed by atoms with Crippen LogP contribution >= 0.6 is 11.6 Å². The van der Waals surface area contributed by atoms with Crippen LogP contribution in [0.1, 0.15) is 54.4 Å². The summed E-state index contributed by atoms with van der Waals surface area (Å²) in [5, 5.41) is 25.1. The molecule has 2 aromatic heterocycles. The van der Waals surface area contributed by atoms with Crippen molar-refractivity contribution in [3.63, 3.8) is 0 Å². The lowest BCUT2D eigenvalue weighted by molar-refractivity contribution is -0.420. The molecule has 1 unspecified atom stereocenters. The third-order valence-corrected chi connectivity index (χ3v) is 13.6. The molecule has 1 atom stereocenters. The van der Waals surface area contributed by atoms with Crippen LogP contribution in [0.3, 0.4) is 0 Å². The van der Waals surface area contributed by atoms with Gasteiger partial charge in [-0.15, -0.1) is 0 Å². The number of hydrogen-bond donors (Lipinski definition) is 4. The van der Waals surface area contributed by atoms with Crippen LogP contribution < -0.4 is 19.7 Å². The summed E-state index contributed by atoms with van der Waals surface area (Å²) >= 11 is 4.02. The van der Waals surface area contributed by atoms with E-state index in [0.29, 0.717) is 43.2 Å². The van der Waals surface area contributed by atoms with E-state index in [-0.39, 0.29) is 27.5 Å². The number of aromatic nitrogens is 2. The molecule has 2 fully saturated rings. The standard InChI is InChI=1S/C46H51ClN8O7S/c1-60-21-22-61-20-15-49-29-40-41(48)25-37(26-42(40)55(57)58)63(59)52-45(56)38-8-7-35(24-43(38)62-36-23-32-10-14-50-44(32)51-28-36)54-18-16-53(17-19-54)30-33-9-13-46(11-2-12-46)27-39(33)31-3-5-34(47)6-4-31/h3-8,10,14,23-26,28-29,48-49H,2,9,11-13,15-22,27,30H2,1H3,(H,50,51)(H,52,56)/b40-29+,48-41?. The van der Waals surface area contributed by atoms with Gasteiger partial charge in [0.05, 0.1) is 53.9 Å². The highest BCUT2D eigenvalue weighted by molar-refractivity contribution is 7.94. The topological polar surface area (TPSA) is 194 Å². The third-order valence-electron chi connectivity index (χ3n) is 12.3. The van der Waals surface area contributed by atoms with Crippen LogP contribution in [0, 0.1) is 20.9 Å². The van der Waals surface area contributed by atoms with Gasteiger partial charge in [-0.25, -0.2) is 4.98 Å². The summed E-state index contributed by atoms with van der Waals surface area (Å²) in [5.74, 6) is -0.103. The molecule has 4 N–H and O–H groups in total. The summed E-state index contributed by atoms with van der Waals surface area (Å²) in [6, 6.07) is 17.3. The van der Waals surface area contributed by atoms with Crippen LogP contribution in [0.15, 0.2) is 107 Å². The molecule has 1 saturated heterocycles. The first-order chi connectivity index (χ1) is 30.6. The van der Waals surface area contributed by atoms with E-state index in [4.69, 9.17) is 31.2 Å². The van der Waals surface area contributed by atoms with E-state index < -0.39 is 27.9 Å². The first-order valence-corrected chi connectivity index (χ1v) is 22.7. The second-order valence-electron chi connectivity index (χ2n) is 16.3. The molecule has 3 heterocycles. The molecule has 1 aliphatic heterocycles. The van der Waals surface area contributed by atoms with Crippen molar-refractivity contribution < 1.29 is 28.5 Å². The second kappa shape index (κ2) is 19.9. The molecule has 0 radical (unpaired) electrons. The lowest BCUT2D eigenvalue weighted by atomic mass is 9.59. The van der Waals surface area contributed by atoms with Crippen molar-refractivity contribution in [1.82, 2.24) is 24.9 Å². The predicted octanol–water partition coefficient (Wildman–Crippen LogP) is 7.55. The number of nitrogens with zero attached hydrogens (tertiary/aromatic N) is 4. The number of amides is 1. The van der Waals surface area contributed by atoms with E-state index in [2.05, 4.69) is 41.9 Å². The van der Waals surface area contributed by atoms with Gasteiger partial charge in [0, 0.05) is 87.0 Å². The fraction of sp³-hybridized carbons (Fsp3) is 0.370. The number of nitrogens with one attached hydrogen (secondary N) is 4. The zero-order chi connectivity index (χ0) is 43.9. The van der Waals surface area contributed by atoms with Gasteiger partial charge in [-0.05, 0) is 85.1 Å². The Bertz CT molecular complexity index is 2470. The number of aromatic amines is 1. The van der Waals surface area contributed by atoms with Crippen LogP contribution in [0.4, 0.5) is 5.69 Å². The molecule has 2 aromatic carbocycles. The normalized spacial score (nSPS) is 18.9. The van der Waals surface area contributed by atoms with Crippen LogP contribution in [0.5, 0.6) is 11.5 Å². The number of rotatable bonds is 17. The first-order valence-electron chi connectivity index (χ1n) is 21.2. The summed E-state index contributed by atoms with van der Waals surface area (Å²) in [4.78, 5) is 37.6. The molecule has 63 heavy (non-hydrogen) atoms. The van der Waals surface area contributed by atoms with Crippen LogP contribution in [-0.2, 0) is 20.8 Å². The number of hydrogen-bond acceptors (Lipinski definition) is 12. The Hall–Kier alpha value is -5.49. The van der Waals surface area contributed by atoms with Crippen LogP contribution in [0.25, 0.3) is 16.6 Å². The molecule has 1 saturated carbocycles. The van der Waals surface area contributed by atoms with Gasteiger partial charge in [0.15, 0.2) is 4.91 Å². The Labute approximate surface area is 374 Å². The van der Waals surface area contributed by atoms with E-state index in [1.54, 1.807) is 25.6 Å². The second-order valence-corrected chi connectivity index (χ2v) is 18.0. The minimum absolute atomic E-state index is 0.000275. The third kappa shape index (κ3) is 10.5. The lowest BCUT2D eigenvalue weighted by Gasteiger charge is -2.47. The van der Waals surface area contributed by atoms with Crippen molar-refractivity contribution in [2.45, 2.75) is 38.5 Å². The number of pyridine rings is 1. The van der Waals surface area contributed by atoms with Crippen LogP contribution in [-0.4, -0.2) is 102 Å². The fourth-order valence-corrected chi connectivity index (χ4v) is 9.64. The number of methoxy groups -OCH3 is 1. The van der Waals surface area contributed by atoms with E-state index in [1.807, 2.05) is 36.4 Å². The first kappa shape index (κ1) is 44.1. The van der Waals surface area contributed by atoms with E-state index >= 15 is 0 Å². The van der Waals surface area contributed by atoms with Gasteiger partial charge < -0.3 is 34.0 Å². The van der Waals surface area contributed by atoms with E-state index in [1.165, 1.54) is 54.7 Å². The Morgan fingerprint density at radius 1 is 1.06 bits per heavy atom. The maximum atomic E-state index is 13.9. The average Bonchev–Trinajstić information content (AvgIpc) is 3.74. The quantitative estimate of drug-likeness (QED) is 0.0354. The molecule has 4 aliphatic rings. The van der Waals surface area contributed by atoms with Gasteiger partial charge >= 0.3 is 0 Å². The molecule has 17 heteroatoms. The monoisotopic (exact) mass is 894 g/mol. The van der Waals surface area contributed by atoms with Gasteiger partial charge in [-0.1, -0.05) is 35.7 Å². The van der Waals surface area contributed by atoms with Crippen molar-refractivity contribution in [3.8, 4) is 11.5 Å². The number of halogens is 1. The number of piperazine rings is 1. The van der Waals surface area contributed by atoms with Crippen LogP contribution in [0.2, 0.25) is 5.02 Å². The van der Waals surface area contributed by atoms with Crippen molar-refractivity contribution in [1.29, 1.82) is 5.41 Å². The summed E-state index contributed by atoms with van der Waals surface area (Å²) < 4.78 is 32.8. The maximum absolute atomic E-state index is 13.9. The van der Waals surface area contributed by atoms with Gasteiger partial charge in [0.25, 0.3) is 11.6 Å². The smallest absolute Gasteiger partial charge is 0.296 e. The summed E-state index contributed by atoms with van der Waals surface area (Å²) in [7, 11) is 1.57. The minimum atomic E-state index is -2.26. The molecule has 1 amide bonds. The van der Waals surface area contributed by atoms with Crippen molar-refractivity contribution in [3.05, 3.63) is 133 Å². The Kier molecular flexibility index (Phi) is 13.9. The highest BCUT2D eigenvalue weighted by Crippen LogP contribution is 2.55. The van der Waals surface area contributed by atoms with Crippen molar-refractivity contribution in [2.24, 2.45) is 5.41 Å². The Morgan fingerprint density at radius 3 is 2.62 bits per heavy atom. The zero-order valence-electron chi connectivity index (χ0n) is 35.1. The summed E-state index contributed by atoms with van der Waals surface area (Å²) in [6.07, 6.45) is 14.5. The van der Waals surface area contributed by atoms with Gasteiger partial charge in [0.2, 0.25) is 0 Å². The number of ether oxygens (including phenoxy) is 3. The molecule has 8 rings (SSSR count). The molecule has 0 bridgehead atoms. The fourth-order valence-electron chi connectivity index (χ4n) is 8.68. The molecule has 15 nitrogen and oxygen atoms in total. The summed E-state index contributed by atoms with van der Waals surface area (Å²) in [5.41, 5.74) is 5.71. The number of carbonyl (C=O) groups excluding carboxylic acids is 1. The lowest BCUT2D eigenvalue weighted by Crippen LogP contribution is -2.47. The molecule has 1 spiro atoms. The number of anilines is 1. The van der Waals surface area contributed by atoms with E-state index in [9.17, 15) is 19.5 Å². The average molecular weight is 895 g/mol. The van der Waals surface area contributed by atoms with Gasteiger partial charge in [-0.3, -0.25) is 25.2 Å². The maximum Gasteiger partial charge on any atom is 0.296 e. The Balaban J connectivity index is 0.969. The highest BCUT2D eigenvalue weighted by atomic mass is 35.5. The SMILES string of the molecule is COCCOCCN/C=C1\C(=N)C=C([S+]([O-])NC(=O)c2ccc(N3CCN(CC4=C(c5ccc(Cl)cc5)CC5(CCC5)CC4)CC3)cc2Oc2cnc3[nH]ccc3c2)C=C1[N+](=O)[O-]. The van der Waals surface area contributed by atoms with Gasteiger partial charge in [-0.2, -0.15) is 4.72 Å². The molecule has 3 aliphatic carbocycles. The molecular formula is C46H51ClN8O7S. The number of nitro groups is 1. The highest BCUT2D eigenvalue weighted by Gasteiger charge is 2.41. The molecular weight excluding hydrogens is 844 g/mol. The number of carbonyl (C=O) groups is 1. The summed E-state index contributed by atoms with van der Waals surface area (Å²) in [6.45, 7) is 5.66. The zero-order valence-corrected chi connectivity index (χ0v) is 36.7. The Morgan fingerprint density at radius 2 is 1.87 bits per heavy atom. The minimum Gasteiger partial charge on any atom is -0.588 e. The largest absolute Gasteiger partial charge is 0.588 e. The number of benzene rings is 2. The molecule has 330 valence electrons. The van der Waals surface area contributed by atoms with Crippen molar-refractivity contribution >= 4 is 56.9 Å². The van der Waals surface area contributed by atoms with E-state index in [0.717, 1.165) is 67.7 Å².